The van der Waals surface area contributed by atoms with Crippen molar-refractivity contribution >= 4 is 49.1 Å². The summed E-state index contributed by atoms with van der Waals surface area (Å²) in [6.45, 7) is -2.16. The van der Waals surface area contributed by atoms with Crippen molar-refractivity contribution in [2.75, 3.05) is 24.3 Å². The van der Waals surface area contributed by atoms with Crippen molar-refractivity contribution in [1.29, 1.82) is 0 Å². The lowest BCUT2D eigenvalue weighted by Crippen LogP contribution is -2.24. The number of hydrogen-bond acceptors (Lipinski definition) is 3. The van der Waals surface area contributed by atoms with Crippen LogP contribution in [0.2, 0.25) is 0 Å². The van der Waals surface area contributed by atoms with Crippen LogP contribution in [0.1, 0.15) is 0 Å². The Hall–Kier alpha value is -0.800. The van der Waals surface area contributed by atoms with Gasteiger partial charge >= 0.3 is 6.18 Å². The molecule has 0 aliphatic carbocycles. The largest absolute Gasteiger partial charge is 0.411 e. The van der Waals surface area contributed by atoms with Gasteiger partial charge in [-0.05, 0) is 44.0 Å². The van der Waals surface area contributed by atoms with Gasteiger partial charge in [0.1, 0.15) is 13.2 Å². The molecule has 1 aromatic rings. The number of benzene rings is 1. The van der Waals surface area contributed by atoms with Crippen LogP contribution in [-0.2, 0) is 9.53 Å². The third kappa shape index (κ3) is 5.79. The van der Waals surface area contributed by atoms with Crippen LogP contribution in [0.5, 0.6) is 0 Å². The number of halogens is 5. The molecule has 0 heterocycles. The van der Waals surface area contributed by atoms with E-state index in [0.717, 1.165) is 0 Å². The molecule has 0 aromatic heterocycles. The van der Waals surface area contributed by atoms with Crippen LogP contribution in [0.15, 0.2) is 21.1 Å². The molecule has 1 amide bonds. The molecule has 1 aromatic carbocycles. The van der Waals surface area contributed by atoms with Crippen LogP contribution in [0, 0.1) is 0 Å². The molecule has 0 saturated heterocycles. The molecular weight excluding hydrogens is 397 g/mol. The minimum atomic E-state index is -4.46. The average Bonchev–Trinajstić information content (AvgIpc) is 2.21. The van der Waals surface area contributed by atoms with E-state index < -0.39 is 25.3 Å². The van der Waals surface area contributed by atoms with Gasteiger partial charge in [-0.2, -0.15) is 13.2 Å². The molecule has 4 nitrogen and oxygen atoms in total. The zero-order valence-corrected chi connectivity index (χ0v) is 12.5. The van der Waals surface area contributed by atoms with Gasteiger partial charge in [-0.3, -0.25) is 4.79 Å². The van der Waals surface area contributed by atoms with Crippen LogP contribution in [0.25, 0.3) is 0 Å². The zero-order valence-electron chi connectivity index (χ0n) is 9.35. The highest BCUT2D eigenvalue weighted by Crippen LogP contribution is 2.33. The minimum absolute atomic E-state index is 0.370. The maximum atomic E-state index is 11.8. The number of nitrogens with one attached hydrogen (secondary N) is 1. The molecule has 3 N–H and O–H groups in total. The first kappa shape index (κ1) is 16.3. The molecule has 1 rings (SSSR count). The summed E-state index contributed by atoms with van der Waals surface area (Å²) in [5.41, 5.74) is 6.40. The number of ether oxygens (including phenoxy) is 1. The Balaban J connectivity index is 2.58. The monoisotopic (exact) mass is 404 g/mol. The lowest BCUT2D eigenvalue weighted by Gasteiger charge is -2.11. The van der Waals surface area contributed by atoms with Gasteiger partial charge in [-0.25, -0.2) is 0 Å². The summed E-state index contributed by atoms with van der Waals surface area (Å²) in [7, 11) is 0. The molecule has 0 atom stereocenters. The van der Waals surface area contributed by atoms with Crippen LogP contribution >= 0.6 is 31.9 Å². The van der Waals surface area contributed by atoms with Gasteiger partial charge in [-0.1, -0.05) is 0 Å². The third-order valence-electron chi connectivity index (χ3n) is 1.83. The second-order valence-electron chi connectivity index (χ2n) is 3.52. The predicted molar refractivity (Wildman–Crippen MR) is 71.8 cm³/mol. The van der Waals surface area contributed by atoms with Crippen LogP contribution in [0.3, 0.4) is 0 Å². The van der Waals surface area contributed by atoms with Crippen LogP contribution in [-0.4, -0.2) is 25.3 Å². The fourth-order valence-electron chi connectivity index (χ4n) is 1.15. The van der Waals surface area contributed by atoms with E-state index in [1.807, 2.05) is 0 Å². The van der Waals surface area contributed by atoms with Crippen molar-refractivity contribution < 1.29 is 22.7 Å². The molecule has 9 heteroatoms. The summed E-state index contributed by atoms with van der Waals surface area (Å²) in [6, 6.07) is 3.11. The van der Waals surface area contributed by atoms with Gasteiger partial charge in [0.15, 0.2) is 0 Å². The first-order valence-electron chi connectivity index (χ1n) is 4.88. The molecule has 106 valence electrons. The highest BCUT2D eigenvalue weighted by atomic mass is 79.9. The standard InChI is InChI=1S/C10H9Br2F3N2O2/c11-6-1-5(16)2-7(12)9(6)17-8(18)3-19-4-10(13,14)15/h1-2H,3-4,16H2,(H,17,18). The fourth-order valence-corrected chi connectivity index (χ4v) is 2.57. The first-order chi connectivity index (χ1) is 8.69. The molecule has 19 heavy (non-hydrogen) atoms. The fraction of sp³-hybridized carbons (Fsp3) is 0.300. The summed E-state index contributed by atoms with van der Waals surface area (Å²) < 4.78 is 40.7. The van der Waals surface area contributed by atoms with Crippen LogP contribution in [0.4, 0.5) is 24.5 Å². The van der Waals surface area contributed by atoms with E-state index in [0.29, 0.717) is 20.3 Å². The second kappa shape index (κ2) is 6.58. The molecule has 0 radical (unpaired) electrons. The van der Waals surface area contributed by atoms with Gasteiger partial charge in [-0.15, -0.1) is 0 Å². The molecular formula is C10H9Br2F3N2O2. The summed E-state index contributed by atoms with van der Waals surface area (Å²) in [5.74, 6) is -0.699. The Morgan fingerprint density at radius 2 is 1.84 bits per heavy atom. The van der Waals surface area contributed by atoms with Gasteiger partial charge < -0.3 is 15.8 Å². The first-order valence-corrected chi connectivity index (χ1v) is 6.46. The predicted octanol–water partition coefficient (Wildman–Crippen LogP) is 3.31. The van der Waals surface area contributed by atoms with Crippen molar-refractivity contribution in [3.63, 3.8) is 0 Å². The van der Waals surface area contributed by atoms with E-state index in [1.165, 1.54) is 0 Å². The number of nitrogens with two attached hydrogens (primary N) is 1. The highest BCUT2D eigenvalue weighted by Gasteiger charge is 2.27. The maximum Gasteiger partial charge on any atom is 0.411 e. The molecule has 0 aliphatic rings. The summed E-state index contributed by atoms with van der Waals surface area (Å²) in [4.78, 5) is 11.4. The number of rotatable bonds is 4. The van der Waals surface area contributed by atoms with E-state index in [2.05, 4.69) is 41.9 Å². The van der Waals surface area contributed by atoms with Gasteiger partial charge in [0, 0.05) is 14.6 Å². The number of carbonyl (C=O) groups excluding carboxylic acids is 1. The Labute approximate surface area is 123 Å². The minimum Gasteiger partial charge on any atom is -0.399 e. The van der Waals surface area contributed by atoms with Gasteiger partial charge in [0.2, 0.25) is 5.91 Å². The molecule has 0 aliphatic heterocycles. The van der Waals surface area contributed by atoms with Gasteiger partial charge in [0.05, 0.1) is 5.69 Å². The SMILES string of the molecule is Nc1cc(Br)c(NC(=O)COCC(F)(F)F)c(Br)c1. The summed E-state index contributed by atoms with van der Waals surface area (Å²) >= 11 is 6.36. The second-order valence-corrected chi connectivity index (χ2v) is 5.22. The quantitative estimate of drug-likeness (QED) is 0.755. The average molecular weight is 406 g/mol. The van der Waals surface area contributed by atoms with Gasteiger partial charge in [0.25, 0.3) is 0 Å². The molecule has 0 unspecified atom stereocenters. The zero-order chi connectivity index (χ0) is 14.6. The summed E-state index contributed by atoms with van der Waals surface area (Å²) in [6.07, 6.45) is -4.46. The third-order valence-corrected chi connectivity index (χ3v) is 3.08. The van der Waals surface area contributed by atoms with E-state index >= 15 is 0 Å². The Morgan fingerprint density at radius 3 is 2.32 bits per heavy atom. The summed E-state index contributed by atoms with van der Waals surface area (Å²) in [5, 5.41) is 2.41. The molecule has 0 spiro atoms. The van der Waals surface area contributed by atoms with E-state index in [-0.39, 0.29) is 0 Å². The van der Waals surface area contributed by atoms with Crippen molar-refractivity contribution in [1.82, 2.24) is 0 Å². The normalized spacial score (nSPS) is 11.4. The number of hydrogen-bond donors (Lipinski definition) is 2. The Bertz CT molecular complexity index is 457. The van der Waals surface area contributed by atoms with Crippen LogP contribution < -0.4 is 11.1 Å². The lowest BCUT2D eigenvalue weighted by atomic mass is 10.3. The molecule has 0 saturated carbocycles. The highest BCUT2D eigenvalue weighted by molar-refractivity contribution is 9.11. The smallest absolute Gasteiger partial charge is 0.399 e. The Kier molecular flexibility index (Phi) is 5.63. The molecule has 0 bridgehead atoms. The van der Waals surface area contributed by atoms with Crippen molar-refractivity contribution in [3.05, 3.63) is 21.1 Å². The number of anilines is 2. The topological polar surface area (TPSA) is 64.3 Å². The number of alkyl halides is 3. The number of nitrogen functional groups attached to an aromatic ring is 1. The number of carbonyl (C=O) groups is 1. The Morgan fingerprint density at radius 1 is 1.32 bits per heavy atom. The number of amides is 1. The van der Waals surface area contributed by atoms with Crippen molar-refractivity contribution in [2.45, 2.75) is 6.18 Å². The van der Waals surface area contributed by atoms with E-state index in [1.54, 1.807) is 12.1 Å². The van der Waals surface area contributed by atoms with Crippen molar-refractivity contribution in [3.8, 4) is 0 Å². The van der Waals surface area contributed by atoms with E-state index in [9.17, 15) is 18.0 Å². The molecule has 0 fully saturated rings. The lowest BCUT2D eigenvalue weighted by molar-refractivity contribution is -0.174. The van der Waals surface area contributed by atoms with E-state index in [4.69, 9.17) is 5.73 Å². The van der Waals surface area contributed by atoms with Crippen molar-refractivity contribution in [2.24, 2.45) is 0 Å². The maximum absolute atomic E-state index is 11.8.